The van der Waals surface area contributed by atoms with Gasteiger partial charge >= 0.3 is 20.5 Å². The molecule has 0 aliphatic heterocycles. The average molecular weight is 259 g/mol. The fourth-order valence-corrected chi connectivity index (χ4v) is 0. The van der Waals surface area contributed by atoms with Gasteiger partial charge in [0.2, 0.25) is 0 Å². The molecular formula is HFeN3O10. The molecule has 0 radical (unpaired) electrons. The first-order valence-corrected chi connectivity index (χ1v) is 2.30. The zero-order valence-corrected chi connectivity index (χ0v) is 6.92. The summed E-state index contributed by atoms with van der Waals surface area (Å²) in [5, 5.41) is 44.2. The second-order valence-corrected chi connectivity index (χ2v) is 0.671. The van der Waals surface area contributed by atoms with Crippen LogP contribution in [0.2, 0.25) is 0 Å². The molecule has 0 spiro atoms. The van der Waals surface area contributed by atoms with Gasteiger partial charge < -0.3 is 46.0 Å². The van der Waals surface area contributed by atoms with E-state index in [1.807, 2.05) is 0 Å². The maximum atomic E-state index is 8.25. The summed E-state index contributed by atoms with van der Waals surface area (Å²) in [4.78, 5) is 24.8. The minimum atomic E-state index is -1.75. The van der Waals surface area contributed by atoms with E-state index in [1.165, 1.54) is 0 Å². The molecule has 0 saturated carbocycles. The Morgan fingerprint density at radius 1 is 0.643 bits per heavy atom. The number of hydrogen-bond donors (Lipinski definition) is 1. The van der Waals surface area contributed by atoms with Crippen molar-refractivity contribution < 1.29 is 35.8 Å². The maximum absolute atomic E-state index is 8.25. The van der Waals surface area contributed by atoms with Crippen molar-refractivity contribution in [2.24, 2.45) is 0 Å². The first kappa shape index (κ1) is 22.7. The quantitative estimate of drug-likeness (QED) is 0.308. The number of nitrogens with zero attached hydrogens (tertiary/aromatic N) is 3. The normalized spacial score (nSPS) is 5.50. The molecule has 0 fully saturated rings. The summed E-state index contributed by atoms with van der Waals surface area (Å²) in [5.74, 6) is 0. The summed E-state index contributed by atoms with van der Waals surface area (Å²) in [6.45, 7) is 0. The molecule has 0 atom stereocenters. The van der Waals surface area contributed by atoms with E-state index in [-0.39, 0.29) is 0 Å². The standard InChI is InChI=1S/Fe.3NO3.H2O/c;3*2-1(3)4;/h;;;;1H2/q+4;3*-1;/p-1. The molecule has 0 bridgehead atoms. The van der Waals surface area contributed by atoms with Crippen molar-refractivity contribution in [2.45, 2.75) is 0 Å². The van der Waals surface area contributed by atoms with Gasteiger partial charge in [-0.1, -0.05) is 0 Å². The molecule has 13 nitrogen and oxygen atoms in total. The summed E-state index contributed by atoms with van der Waals surface area (Å²) >= 11 is 2.25. The Labute approximate surface area is 82.7 Å². The van der Waals surface area contributed by atoms with Crippen molar-refractivity contribution in [1.82, 2.24) is 0 Å². The third kappa shape index (κ3) is 225. The van der Waals surface area contributed by atoms with E-state index in [9.17, 15) is 0 Å². The molecule has 0 rings (SSSR count). The Hall–Kier alpha value is -1.92. The molecule has 0 aliphatic rings. The van der Waals surface area contributed by atoms with Gasteiger partial charge in [-0.15, -0.1) is 0 Å². The molecule has 0 aromatic carbocycles. The van der Waals surface area contributed by atoms with E-state index in [2.05, 4.69) is 16.3 Å². The Morgan fingerprint density at radius 2 is 0.643 bits per heavy atom. The molecule has 0 unspecified atom stereocenters. The molecular weight excluding hydrogens is 258 g/mol. The third-order valence-electron chi connectivity index (χ3n) is 0. The monoisotopic (exact) mass is 259 g/mol. The van der Waals surface area contributed by atoms with Gasteiger partial charge in [-0.25, -0.2) is 0 Å². The van der Waals surface area contributed by atoms with Gasteiger partial charge in [0.1, 0.15) is 0 Å². The summed E-state index contributed by atoms with van der Waals surface area (Å²) < 4.78 is 6.75. The van der Waals surface area contributed by atoms with Crippen LogP contribution < -0.4 is 0 Å². The summed E-state index contributed by atoms with van der Waals surface area (Å²) in [7, 11) is 0. The first-order chi connectivity index (χ1) is 6.20. The molecule has 14 heteroatoms. The topological polar surface area (TPSA) is 219 Å². The van der Waals surface area contributed by atoms with Crippen LogP contribution in [0.5, 0.6) is 0 Å². The molecule has 14 heavy (non-hydrogen) atoms. The van der Waals surface area contributed by atoms with E-state index in [1.54, 1.807) is 0 Å². The Balaban J connectivity index is -0.0000000492. The fourth-order valence-electron chi connectivity index (χ4n) is 0. The Kier molecular flexibility index (Phi) is 36.4. The summed E-state index contributed by atoms with van der Waals surface area (Å²) in [6, 6.07) is 0. The van der Waals surface area contributed by atoms with E-state index < -0.39 is 15.3 Å². The molecule has 1 N–H and O–H groups in total. The summed E-state index contributed by atoms with van der Waals surface area (Å²) in [6.07, 6.45) is 0. The average Bonchev–Trinajstić information content (AvgIpc) is 1.86. The van der Waals surface area contributed by atoms with Gasteiger partial charge in [0.25, 0.3) is 0 Å². The van der Waals surface area contributed by atoms with Crippen LogP contribution in [0.3, 0.4) is 0 Å². The second kappa shape index (κ2) is 22.5. The van der Waals surface area contributed by atoms with Gasteiger partial charge in [0.15, 0.2) is 0 Å². The Morgan fingerprint density at radius 3 is 0.643 bits per heavy atom. The van der Waals surface area contributed by atoms with Crippen LogP contribution in [0.15, 0.2) is 0 Å². The van der Waals surface area contributed by atoms with Crippen molar-refractivity contribution in [3.05, 3.63) is 46.0 Å². The van der Waals surface area contributed by atoms with Crippen molar-refractivity contribution >= 4 is 0 Å². The van der Waals surface area contributed by atoms with Gasteiger partial charge in [-0.3, -0.25) is 0 Å². The van der Waals surface area contributed by atoms with Crippen molar-refractivity contribution in [1.29, 1.82) is 0 Å². The van der Waals surface area contributed by atoms with Gasteiger partial charge in [0, 0.05) is 0 Å². The van der Waals surface area contributed by atoms with Crippen LogP contribution in [0.25, 0.3) is 0 Å². The van der Waals surface area contributed by atoms with Gasteiger partial charge in [-0.2, -0.15) is 0 Å². The van der Waals surface area contributed by atoms with Crippen molar-refractivity contribution in [2.75, 3.05) is 0 Å². The molecule has 0 aromatic heterocycles. The van der Waals surface area contributed by atoms with Crippen molar-refractivity contribution in [3.63, 3.8) is 0 Å². The van der Waals surface area contributed by atoms with Crippen LogP contribution in [-0.2, 0) is 16.3 Å². The van der Waals surface area contributed by atoms with Crippen molar-refractivity contribution in [3.8, 4) is 0 Å². The number of rotatable bonds is 0. The number of hydrogen-bond acceptors (Lipinski definition) is 10. The van der Waals surface area contributed by atoms with Crippen LogP contribution in [0, 0.1) is 46.0 Å². The molecule has 0 aromatic rings. The van der Waals surface area contributed by atoms with Crippen LogP contribution in [-0.4, -0.2) is 19.4 Å². The third-order valence-corrected chi connectivity index (χ3v) is 0. The van der Waals surface area contributed by atoms with Gasteiger partial charge in [0.05, 0.1) is 15.3 Å². The molecule has 0 heterocycles. The fraction of sp³-hybridized carbons (Fsp3) is 0. The molecule has 0 aliphatic carbocycles. The molecule has 0 amide bonds. The van der Waals surface area contributed by atoms with E-state index in [0.717, 1.165) is 0 Å². The predicted octanol–water partition coefficient (Wildman–Crippen LogP) is -1.28. The van der Waals surface area contributed by atoms with Gasteiger partial charge in [-0.05, 0) is 0 Å². The van der Waals surface area contributed by atoms with E-state index in [4.69, 9.17) is 50.2 Å². The van der Waals surface area contributed by atoms with Crippen LogP contribution >= 0.6 is 0 Å². The SMILES string of the molecule is O=[N+]([O-])[O-].O=[N+]([O-])[O-].O=[N+]([O-])[O-].[OH][Fe+3]. The van der Waals surface area contributed by atoms with E-state index >= 15 is 0 Å². The summed E-state index contributed by atoms with van der Waals surface area (Å²) in [5.41, 5.74) is 0. The van der Waals surface area contributed by atoms with Crippen LogP contribution in [0.1, 0.15) is 0 Å². The zero-order chi connectivity index (χ0) is 12.7. The van der Waals surface area contributed by atoms with Crippen LogP contribution in [0.4, 0.5) is 0 Å². The first-order valence-electron chi connectivity index (χ1n) is 1.80. The predicted molar refractivity (Wildman–Crippen MR) is 33.3 cm³/mol. The Bertz CT molecular complexity index is 113. The molecule has 0 saturated heterocycles. The van der Waals surface area contributed by atoms with E-state index in [0.29, 0.717) is 0 Å². The zero-order valence-electron chi connectivity index (χ0n) is 5.82. The minimum absolute atomic E-state index is 1.75. The molecule has 84 valence electrons. The second-order valence-electron chi connectivity index (χ2n) is 0.671.